The summed E-state index contributed by atoms with van der Waals surface area (Å²) in [6.07, 6.45) is -4.39. The van der Waals surface area contributed by atoms with E-state index in [0.717, 1.165) is 0 Å². The molecule has 0 saturated carbocycles. The third-order valence-electron chi connectivity index (χ3n) is 4.62. The van der Waals surface area contributed by atoms with Crippen molar-refractivity contribution in [2.45, 2.75) is 51.6 Å². The van der Waals surface area contributed by atoms with Gasteiger partial charge in [0.2, 0.25) is 0 Å². The zero-order chi connectivity index (χ0) is 25.7. The van der Waals surface area contributed by atoms with Crippen LogP contribution in [0.4, 0.5) is 33.7 Å². The number of anilines is 1. The van der Waals surface area contributed by atoms with Crippen LogP contribution in [0.1, 0.15) is 44.0 Å². The summed E-state index contributed by atoms with van der Waals surface area (Å²) in [5, 5.41) is 16.2. The molecular formula is C20H26F4N4O6. The van der Waals surface area contributed by atoms with Gasteiger partial charge in [0.25, 0.3) is 11.6 Å². The lowest BCUT2D eigenvalue weighted by molar-refractivity contribution is -0.384. The highest BCUT2D eigenvalue weighted by Gasteiger charge is 2.31. The first-order valence-corrected chi connectivity index (χ1v) is 10.4. The Balaban J connectivity index is 2.08. The van der Waals surface area contributed by atoms with E-state index >= 15 is 0 Å². The van der Waals surface area contributed by atoms with Crippen molar-refractivity contribution in [1.82, 2.24) is 10.2 Å². The van der Waals surface area contributed by atoms with Crippen molar-refractivity contribution in [2.75, 3.05) is 31.6 Å². The fraction of sp³-hybridized carbons (Fsp3) is 0.600. The van der Waals surface area contributed by atoms with E-state index < -0.39 is 70.8 Å². The third kappa shape index (κ3) is 8.32. The van der Waals surface area contributed by atoms with Crippen molar-refractivity contribution < 1.29 is 41.5 Å². The highest BCUT2D eigenvalue weighted by atomic mass is 19.4. The van der Waals surface area contributed by atoms with Crippen molar-refractivity contribution in [3.8, 4) is 0 Å². The van der Waals surface area contributed by atoms with Crippen LogP contribution < -0.4 is 10.6 Å². The number of nitro benzene ring substituents is 1. The third-order valence-corrected chi connectivity index (χ3v) is 4.62. The molecule has 0 bridgehead atoms. The number of halogens is 4. The second kappa shape index (κ2) is 10.8. The fourth-order valence-electron chi connectivity index (χ4n) is 3.23. The molecule has 10 nitrogen and oxygen atoms in total. The van der Waals surface area contributed by atoms with Gasteiger partial charge in [-0.05, 0) is 33.6 Å². The number of amides is 2. The molecule has 2 N–H and O–H groups in total. The van der Waals surface area contributed by atoms with Gasteiger partial charge in [-0.1, -0.05) is 0 Å². The average Bonchev–Trinajstić information content (AvgIpc) is 2.69. The normalized spacial score (nSPS) is 16.7. The van der Waals surface area contributed by atoms with Crippen molar-refractivity contribution in [3.63, 3.8) is 0 Å². The molecule has 14 heteroatoms. The van der Waals surface area contributed by atoms with Gasteiger partial charge in [0, 0.05) is 37.8 Å². The second-order valence-corrected chi connectivity index (χ2v) is 8.57. The molecule has 190 valence electrons. The number of ether oxygens (including phenoxy) is 2. The minimum absolute atomic E-state index is 0.114. The van der Waals surface area contributed by atoms with Crippen LogP contribution in [0.25, 0.3) is 0 Å². The first kappa shape index (κ1) is 27.1. The molecule has 1 saturated heterocycles. The number of nitrogens with zero attached hydrogens (tertiary/aromatic N) is 2. The maximum Gasteiger partial charge on any atom is 0.522 e. The molecule has 1 aromatic carbocycles. The van der Waals surface area contributed by atoms with Crippen LogP contribution in [0, 0.1) is 15.9 Å². The van der Waals surface area contributed by atoms with Crippen molar-refractivity contribution in [3.05, 3.63) is 33.6 Å². The first-order chi connectivity index (χ1) is 15.7. The number of likely N-dealkylation sites (tertiary alicyclic amines) is 1. The second-order valence-electron chi connectivity index (χ2n) is 8.57. The molecule has 1 aliphatic rings. The summed E-state index contributed by atoms with van der Waals surface area (Å²) in [5.74, 6) is -2.04. The monoisotopic (exact) mass is 494 g/mol. The van der Waals surface area contributed by atoms with E-state index in [-0.39, 0.29) is 6.54 Å². The maximum atomic E-state index is 14.6. The molecule has 0 aliphatic carbocycles. The number of piperidine rings is 1. The molecule has 0 radical (unpaired) electrons. The van der Waals surface area contributed by atoms with Crippen LogP contribution in [0.3, 0.4) is 0 Å². The number of carbonyl (C=O) groups excluding carboxylic acids is 2. The molecule has 1 aromatic rings. The Morgan fingerprint density at radius 2 is 1.94 bits per heavy atom. The summed E-state index contributed by atoms with van der Waals surface area (Å²) >= 11 is 0. The number of rotatable bonds is 7. The van der Waals surface area contributed by atoms with Crippen LogP contribution in [0.15, 0.2) is 12.1 Å². The highest BCUT2D eigenvalue weighted by molar-refractivity contribution is 5.96. The molecule has 1 fully saturated rings. The van der Waals surface area contributed by atoms with E-state index in [1.807, 2.05) is 0 Å². The van der Waals surface area contributed by atoms with Crippen LogP contribution in [0.5, 0.6) is 0 Å². The lowest BCUT2D eigenvalue weighted by Gasteiger charge is -2.34. The molecule has 0 spiro atoms. The van der Waals surface area contributed by atoms with E-state index in [1.54, 1.807) is 20.8 Å². The van der Waals surface area contributed by atoms with Gasteiger partial charge in [-0.2, -0.15) is 0 Å². The van der Waals surface area contributed by atoms with Gasteiger partial charge in [0.15, 0.2) is 0 Å². The van der Waals surface area contributed by atoms with E-state index in [9.17, 15) is 37.3 Å². The first-order valence-electron chi connectivity index (χ1n) is 10.4. The summed E-state index contributed by atoms with van der Waals surface area (Å²) in [5.41, 5.74) is -2.42. The maximum absolute atomic E-state index is 14.6. The Hall–Kier alpha value is -3.16. The van der Waals surface area contributed by atoms with Gasteiger partial charge in [0.05, 0.1) is 17.1 Å². The number of nitro groups is 1. The molecule has 1 unspecified atom stereocenters. The Morgan fingerprint density at radius 1 is 1.26 bits per heavy atom. The van der Waals surface area contributed by atoms with Crippen molar-refractivity contribution in [1.29, 1.82) is 0 Å². The molecule has 1 heterocycles. The summed E-state index contributed by atoms with van der Waals surface area (Å²) in [7, 11) is 0. The number of alkyl halides is 3. The number of carbonyl (C=O) groups is 2. The Kier molecular flexibility index (Phi) is 8.64. The van der Waals surface area contributed by atoms with Crippen LogP contribution in [-0.4, -0.2) is 66.1 Å². The standard InChI is InChI=1S/C20H26F4N4O6/c1-19(2,3)34-18(30)27-7-4-5-12(11-27)26-17(29)13-9-16(28(31)32)15(10-14(13)21)25-6-8-33-20(22,23)24/h9-10,12,25H,4-8,11H2,1-3H3,(H,26,29). The van der Waals surface area contributed by atoms with Crippen LogP contribution >= 0.6 is 0 Å². The van der Waals surface area contributed by atoms with Gasteiger partial charge < -0.3 is 20.3 Å². The summed E-state index contributed by atoms with van der Waals surface area (Å²) in [6.45, 7) is 4.32. The molecule has 0 aromatic heterocycles. The molecule has 34 heavy (non-hydrogen) atoms. The largest absolute Gasteiger partial charge is 0.522 e. The number of benzene rings is 1. The Bertz CT molecular complexity index is 920. The quantitative estimate of drug-likeness (QED) is 0.256. The van der Waals surface area contributed by atoms with Crippen LogP contribution in [-0.2, 0) is 9.47 Å². The van der Waals surface area contributed by atoms with Crippen molar-refractivity contribution >= 4 is 23.4 Å². The van der Waals surface area contributed by atoms with E-state index in [4.69, 9.17) is 4.74 Å². The van der Waals surface area contributed by atoms with E-state index in [2.05, 4.69) is 15.4 Å². The number of hydrogen-bond donors (Lipinski definition) is 2. The van der Waals surface area contributed by atoms with E-state index in [1.165, 1.54) is 4.90 Å². The van der Waals surface area contributed by atoms with Gasteiger partial charge in [-0.3, -0.25) is 19.6 Å². The number of nitrogens with one attached hydrogen (secondary N) is 2. The van der Waals surface area contributed by atoms with Gasteiger partial charge in [-0.25, -0.2) is 9.18 Å². The SMILES string of the molecule is CC(C)(C)OC(=O)N1CCCC(NC(=O)c2cc([N+](=O)[O-])c(NCCOC(F)(F)F)cc2F)C1. The van der Waals surface area contributed by atoms with Gasteiger partial charge >= 0.3 is 12.5 Å². The van der Waals surface area contributed by atoms with Crippen LogP contribution in [0.2, 0.25) is 0 Å². The number of hydrogen-bond acceptors (Lipinski definition) is 7. The minimum Gasteiger partial charge on any atom is -0.444 e. The highest BCUT2D eigenvalue weighted by Crippen LogP contribution is 2.28. The molecule has 2 amide bonds. The topological polar surface area (TPSA) is 123 Å². The Morgan fingerprint density at radius 3 is 2.53 bits per heavy atom. The molecular weight excluding hydrogens is 468 g/mol. The molecule has 1 atom stereocenters. The van der Waals surface area contributed by atoms with Gasteiger partial charge in [0.1, 0.15) is 17.1 Å². The zero-order valence-corrected chi connectivity index (χ0v) is 18.8. The predicted molar refractivity (Wildman–Crippen MR) is 112 cm³/mol. The molecule has 1 aliphatic heterocycles. The summed E-state index contributed by atoms with van der Waals surface area (Å²) < 4.78 is 59.5. The zero-order valence-electron chi connectivity index (χ0n) is 18.8. The minimum atomic E-state index is -4.88. The molecule has 2 rings (SSSR count). The predicted octanol–water partition coefficient (Wildman–Crippen LogP) is 3.81. The Labute approximate surface area is 192 Å². The fourth-order valence-corrected chi connectivity index (χ4v) is 3.23. The lowest BCUT2D eigenvalue weighted by Crippen LogP contribution is -2.50. The lowest BCUT2D eigenvalue weighted by atomic mass is 10.0. The average molecular weight is 494 g/mol. The van der Waals surface area contributed by atoms with E-state index in [0.29, 0.717) is 31.5 Å². The smallest absolute Gasteiger partial charge is 0.444 e. The summed E-state index contributed by atoms with van der Waals surface area (Å²) in [6, 6.07) is 0.824. The summed E-state index contributed by atoms with van der Waals surface area (Å²) in [4.78, 5) is 36.8. The van der Waals surface area contributed by atoms with Gasteiger partial charge in [-0.15, -0.1) is 13.2 Å². The van der Waals surface area contributed by atoms with Crippen molar-refractivity contribution in [2.24, 2.45) is 0 Å².